The van der Waals surface area contributed by atoms with E-state index in [0.29, 0.717) is 19.0 Å². The van der Waals surface area contributed by atoms with Gasteiger partial charge in [-0.05, 0) is 39.3 Å². The van der Waals surface area contributed by atoms with Gasteiger partial charge in [-0.15, -0.1) is 0 Å². The van der Waals surface area contributed by atoms with E-state index in [1.54, 1.807) is 12.4 Å². The first-order valence-corrected chi connectivity index (χ1v) is 8.20. The van der Waals surface area contributed by atoms with E-state index in [-0.39, 0.29) is 5.97 Å². The smallest absolute Gasteiger partial charge is 0.313 e. The molecule has 1 atom stereocenters. The van der Waals surface area contributed by atoms with Crippen molar-refractivity contribution in [3.63, 3.8) is 0 Å². The first kappa shape index (κ1) is 16.4. The van der Waals surface area contributed by atoms with Crippen molar-refractivity contribution in [3.8, 4) is 11.4 Å². The van der Waals surface area contributed by atoms with Gasteiger partial charge in [0.2, 0.25) is 0 Å². The third kappa shape index (κ3) is 3.22. The second-order valence-corrected chi connectivity index (χ2v) is 6.39. The molecule has 0 saturated carbocycles. The van der Waals surface area contributed by atoms with Gasteiger partial charge < -0.3 is 9.64 Å². The molecule has 6 nitrogen and oxygen atoms in total. The van der Waals surface area contributed by atoms with E-state index in [4.69, 9.17) is 4.74 Å². The number of ether oxygens (including phenoxy) is 1. The molecule has 0 N–H and O–H groups in total. The van der Waals surface area contributed by atoms with Crippen molar-refractivity contribution in [1.29, 1.82) is 0 Å². The van der Waals surface area contributed by atoms with Gasteiger partial charge in [0.05, 0.1) is 12.0 Å². The van der Waals surface area contributed by atoms with Crippen molar-refractivity contribution in [2.75, 3.05) is 24.6 Å². The lowest BCUT2D eigenvalue weighted by Crippen LogP contribution is -2.33. The van der Waals surface area contributed by atoms with Crippen LogP contribution in [0.5, 0.6) is 0 Å². The van der Waals surface area contributed by atoms with Gasteiger partial charge in [-0.25, -0.2) is 9.97 Å². The number of aryl methyl sites for hydroxylation is 1. The molecule has 1 aliphatic heterocycles. The maximum Gasteiger partial charge on any atom is 0.313 e. The highest BCUT2D eigenvalue weighted by Gasteiger charge is 2.42. The Morgan fingerprint density at radius 3 is 2.96 bits per heavy atom. The fraction of sp³-hybridized carbons (Fsp3) is 0.444. The molecule has 2 aromatic heterocycles. The van der Waals surface area contributed by atoms with Crippen LogP contribution in [0.4, 0.5) is 5.82 Å². The summed E-state index contributed by atoms with van der Waals surface area (Å²) < 4.78 is 5.22. The molecule has 0 radical (unpaired) electrons. The summed E-state index contributed by atoms with van der Waals surface area (Å²) in [4.78, 5) is 27.7. The molecule has 6 heteroatoms. The quantitative estimate of drug-likeness (QED) is 0.805. The Bertz CT molecular complexity index is 735. The number of pyridine rings is 1. The first-order valence-electron chi connectivity index (χ1n) is 8.20. The highest BCUT2D eigenvalue weighted by Crippen LogP contribution is 2.34. The topological polar surface area (TPSA) is 68.2 Å². The van der Waals surface area contributed by atoms with Gasteiger partial charge in [0.1, 0.15) is 5.82 Å². The molecule has 1 fully saturated rings. The van der Waals surface area contributed by atoms with Crippen LogP contribution in [-0.2, 0) is 9.53 Å². The number of hydrogen-bond donors (Lipinski definition) is 0. The minimum absolute atomic E-state index is 0.134. The lowest BCUT2D eigenvalue weighted by molar-refractivity contribution is -0.153. The molecule has 3 heterocycles. The van der Waals surface area contributed by atoms with Crippen molar-refractivity contribution < 1.29 is 9.53 Å². The predicted molar refractivity (Wildman–Crippen MR) is 91.6 cm³/mol. The third-order valence-corrected chi connectivity index (χ3v) is 4.33. The van der Waals surface area contributed by atoms with Crippen molar-refractivity contribution in [2.45, 2.75) is 27.2 Å². The number of nitrogens with zero attached hydrogens (tertiary/aromatic N) is 4. The van der Waals surface area contributed by atoms with E-state index in [9.17, 15) is 4.79 Å². The minimum atomic E-state index is -0.483. The molecule has 2 aromatic rings. The van der Waals surface area contributed by atoms with Crippen LogP contribution in [0.2, 0.25) is 0 Å². The molecule has 126 valence electrons. The Kier molecular flexibility index (Phi) is 4.46. The Morgan fingerprint density at radius 1 is 1.42 bits per heavy atom. The van der Waals surface area contributed by atoms with E-state index in [0.717, 1.165) is 30.0 Å². The SMILES string of the molecule is CCOC(=O)C1(C)CCN(c2cc(C)nc(-c3cccnc3)n2)C1. The average molecular weight is 326 g/mol. The van der Waals surface area contributed by atoms with Crippen molar-refractivity contribution in [2.24, 2.45) is 5.41 Å². The highest BCUT2D eigenvalue weighted by molar-refractivity contribution is 5.78. The molecule has 1 saturated heterocycles. The fourth-order valence-electron chi connectivity index (χ4n) is 2.97. The molecule has 0 amide bonds. The first-order chi connectivity index (χ1) is 11.5. The molecule has 1 aliphatic rings. The van der Waals surface area contributed by atoms with Crippen LogP contribution in [0.1, 0.15) is 26.0 Å². The molecule has 0 spiro atoms. The third-order valence-electron chi connectivity index (χ3n) is 4.33. The van der Waals surface area contributed by atoms with Crippen LogP contribution in [0.3, 0.4) is 0 Å². The largest absolute Gasteiger partial charge is 0.466 e. The maximum atomic E-state index is 12.2. The van der Waals surface area contributed by atoms with Gasteiger partial charge in [0.15, 0.2) is 5.82 Å². The Labute approximate surface area is 141 Å². The summed E-state index contributed by atoms with van der Waals surface area (Å²) in [7, 11) is 0. The van der Waals surface area contributed by atoms with Crippen LogP contribution in [0.15, 0.2) is 30.6 Å². The number of rotatable bonds is 4. The van der Waals surface area contributed by atoms with Crippen LogP contribution < -0.4 is 4.90 Å². The molecular formula is C18H22N4O2. The van der Waals surface area contributed by atoms with Gasteiger partial charge >= 0.3 is 5.97 Å². The van der Waals surface area contributed by atoms with Crippen LogP contribution in [0, 0.1) is 12.3 Å². The number of esters is 1. The van der Waals surface area contributed by atoms with Crippen LogP contribution in [-0.4, -0.2) is 40.6 Å². The monoisotopic (exact) mass is 326 g/mol. The van der Waals surface area contributed by atoms with Crippen LogP contribution in [0.25, 0.3) is 11.4 Å². The minimum Gasteiger partial charge on any atom is -0.466 e. The zero-order chi connectivity index (χ0) is 17.2. The van der Waals surface area contributed by atoms with E-state index < -0.39 is 5.41 Å². The lowest BCUT2D eigenvalue weighted by Gasteiger charge is -2.23. The summed E-state index contributed by atoms with van der Waals surface area (Å²) in [5, 5.41) is 0. The summed E-state index contributed by atoms with van der Waals surface area (Å²) in [5.74, 6) is 1.36. The summed E-state index contributed by atoms with van der Waals surface area (Å²) >= 11 is 0. The summed E-state index contributed by atoms with van der Waals surface area (Å²) in [6.45, 7) is 7.54. The zero-order valence-corrected chi connectivity index (χ0v) is 14.3. The molecular weight excluding hydrogens is 304 g/mol. The van der Waals surface area contributed by atoms with E-state index >= 15 is 0 Å². The summed E-state index contributed by atoms with van der Waals surface area (Å²) in [6.07, 6.45) is 4.24. The van der Waals surface area contributed by atoms with Gasteiger partial charge in [-0.2, -0.15) is 0 Å². The molecule has 1 unspecified atom stereocenters. The molecule has 0 bridgehead atoms. The molecule has 3 rings (SSSR count). The number of hydrogen-bond acceptors (Lipinski definition) is 6. The fourth-order valence-corrected chi connectivity index (χ4v) is 2.97. The van der Waals surface area contributed by atoms with E-state index in [1.807, 2.05) is 39.0 Å². The van der Waals surface area contributed by atoms with E-state index in [2.05, 4.69) is 19.9 Å². The van der Waals surface area contributed by atoms with Gasteiger partial charge in [-0.1, -0.05) is 0 Å². The number of aromatic nitrogens is 3. The maximum absolute atomic E-state index is 12.2. The van der Waals surface area contributed by atoms with E-state index in [1.165, 1.54) is 0 Å². The molecule has 0 aliphatic carbocycles. The van der Waals surface area contributed by atoms with Crippen molar-refractivity contribution in [1.82, 2.24) is 15.0 Å². The number of carbonyl (C=O) groups is 1. The Balaban J connectivity index is 1.86. The van der Waals surface area contributed by atoms with Crippen molar-refractivity contribution >= 4 is 11.8 Å². The Hall–Kier alpha value is -2.50. The lowest BCUT2D eigenvalue weighted by atomic mass is 9.90. The molecule has 24 heavy (non-hydrogen) atoms. The van der Waals surface area contributed by atoms with Crippen molar-refractivity contribution in [3.05, 3.63) is 36.3 Å². The highest BCUT2D eigenvalue weighted by atomic mass is 16.5. The standard InChI is InChI=1S/C18H22N4O2/c1-4-24-17(23)18(3)7-9-22(12-18)15-10-13(2)20-16(21-15)14-6-5-8-19-11-14/h5-6,8,10-11H,4,7,9,12H2,1-3H3. The van der Waals surface area contributed by atoms with Crippen LogP contribution >= 0.6 is 0 Å². The second kappa shape index (κ2) is 6.55. The second-order valence-electron chi connectivity index (χ2n) is 6.39. The zero-order valence-electron chi connectivity index (χ0n) is 14.3. The van der Waals surface area contributed by atoms with Gasteiger partial charge in [-0.3, -0.25) is 9.78 Å². The Morgan fingerprint density at radius 2 is 2.25 bits per heavy atom. The molecule has 0 aromatic carbocycles. The van der Waals surface area contributed by atoms with Gasteiger partial charge in [0.25, 0.3) is 0 Å². The van der Waals surface area contributed by atoms with Gasteiger partial charge in [0, 0.05) is 42.8 Å². The predicted octanol–water partition coefficient (Wildman–Crippen LogP) is 2.63. The summed E-state index contributed by atoms with van der Waals surface area (Å²) in [5.41, 5.74) is 1.29. The number of anilines is 1. The average Bonchev–Trinajstić information content (AvgIpc) is 2.99. The summed E-state index contributed by atoms with van der Waals surface area (Å²) in [6, 6.07) is 5.77. The number of carbonyl (C=O) groups excluding carboxylic acids is 1. The normalized spacial score (nSPS) is 20.2.